The van der Waals surface area contributed by atoms with Crippen molar-refractivity contribution in [1.29, 1.82) is 0 Å². The summed E-state index contributed by atoms with van der Waals surface area (Å²) in [4.78, 5) is 11.6. The van der Waals surface area contributed by atoms with Crippen molar-refractivity contribution in [3.05, 3.63) is 10.7 Å². The van der Waals surface area contributed by atoms with Crippen LogP contribution < -0.4 is 9.64 Å². The van der Waals surface area contributed by atoms with Gasteiger partial charge >= 0.3 is 6.18 Å². The van der Waals surface area contributed by atoms with Crippen molar-refractivity contribution in [2.24, 2.45) is 0 Å². The van der Waals surface area contributed by atoms with Crippen LogP contribution in [0.25, 0.3) is 0 Å². The fraction of sp³-hybridized carbons (Fsp3) is 0.636. The SMILES string of the molecule is COc1nc(N2CCN(CC(F)(F)F)CC2)ncc1Br. The molecule has 1 aromatic heterocycles. The minimum atomic E-state index is -4.15. The maximum Gasteiger partial charge on any atom is 0.401 e. The predicted molar refractivity (Wildman–Crippen MR) is 71.0 cm³/mol. The van der Waals surface area contributed by atoms with Gasteiger partial charge in [-0.2, -0.15) is 18.2 Å². The van der Waals surface area contributed by atoms with Crippen molar-refractivity contribution < 1.29 is 17.9 Å². The summed E-state index contributed by atoms with van der Waals surface area (Å²) in [5, 5.41) is 0. The van der Waals surface area contributed by atoms with E-state index in [-0.39, 0.29) is 0 Å². The van der Waals surface area contributed by atoms with Crippen LogP contribution in [0.5, 0.6) is 5.88 Å². The lowest BCUT2D eigenvalue weighted by Crippen LogP contribution is -2.49. The minimum Gasteiger partial charge on any atom is -0.480 e. The molecule has 0 amide bonds. The monoisotopic (exact) mass is 354 g/mol. The fourth-order valence-corrected chi connectivity index (χ4v) is 2.35. The Labute approximate surface area is 122 Å². The van der Waals surface area contributed by atoms with Crippen molar-refractivity contribution in [2.75, 3.05) is 44.7 Å². The van der Waals surface area contributed by atoms with Crippen LogP contribution in [0.15, 0.2) is 10.7 Å². The fourth-order valence-electron chi connectivity index (χ4n) is 2.00. The first-order valence-electron chi connectivity index (χ1n) is 5.99. The summed E-state index contributed by atoms with van der Waals surface area (Å²) in [5.74, 6) is 0.879. The molecule has 112 valence electrons. The first kappa shape index (κ1) is 15.3. The van der Waals surface area contributed by atoms with Crippen LogP contribution in [-0.2, 0) is 0 Å². The van der Waals surface area contributed by atoms with Gasteiger partial charge in [-0.15, -0.1) is 0 Å². The Morgan fingerprint density at radius 2 is 1.95 bits per heavy atom. The molecule has 1 saturated heterocycles. The molecule has 0 spiro atoms. The van der Waals surface area contributed by atoms with E-state index in [9.17, 15) is 13.2 Å². The third-order valence-corrected chi connectivity index (χ3v) is 3.49. The first-order valence-corrected chi connectivity index (χ1v) is 6.79. The summed E-state index contributed by atoms with van der Waals surface area (Å²) < 4.78 is 42.6. The number of ether oxygens (including phenoxy) is 1. The number of rotatable bonds is 3. The highest BCUT2D eigenvalue weighted by molar-refractivity contribution is 9.10. The number of methoxy groups -OCH3 is 1. The number of anilines is 1. The highest BCUT2D eigenvalue weighted by Crippen LogP contribution is 2.24. The Bertz CT molecular complexity index is 463. The summed E-state index contributed by atoms with van der Waals surface area (Å²) in [6.07, 6.45) is -2.58. The molecule has 0 saturated carbocycles. The van der Waals surface area contributed by atoms with Crippen molar-refractivity contribution in [2.45, 2.75) is 6.18 Å². The first-order chi connectivity index (χ1) is 9.39. The number of alkyl halides is 3. The van der Waals surface area contributed by atoms with Gasteiger partial charge in [0.05, 0.1) is 24.3 Å². The largest absolute Gasteiger partial charge is 0.480 e. The maximum absolute atomic E-state index is 12.3. The normalized spacial score (nSPS) is 17.4. The highest BCUT2D eigenvalue weighted by atomic mass is 79.9. The van der Waals surface area contributed by atoms with Crippen molar-refractivity contribution in [3.8, 4) is 5.88 Å². The van der Waals surface area contributed by atoms with Crippen LogP contribution in [-0.4, -0.2) is 60.9 Å². The molecule has 2 heterocycles. The van der Waals surface area contributed by atoms with E-state index in [1.165, 1.54) is 12.0 Å². The van der Waals surface area contributed by atoms with Crippen molar-refractivity contribution in [1.82, 2.24) is 14.9 Å². The third-order valence-electron chi connectivity index (χ3n) is 2.95. The topological polar surface area (TPSA) is 41.5 Å². The van der Waals surface area contributed by atoms with Gasteiger partial charge in [0.2, 0.25) is 11.8 Å². The lowest BCUT2D eigenvalue weighted by Gasteiger charge is -2.34. The summed E-state index contributed by atoms with van der Waals surface area (Å²) in [5.41, 5.74) is 0. The van der Waals surface area contributed by atoms with Crippen LogP contribution in [0.2, 0.25) is 0 Å². The predicted octanol–water partition coefficient (Wildman–Crippen LogP) is 1.93. The van der Waals surface area contributed by atoms with E-state index < -0.39 is 12.7 Å². The molecule has 0 aliphatic carbocycles. The molecule has 1 aliphatic rings. The minimum absolute atomic E-state index is 0.335. The molecule has 9 heteroatoms. The zero-order valence-corrected chi connectivity index (χ0v) is 12.4. The van der Waals surface area contributed by atoms with E-state index in [0.717, 1.165) is 0 Å². The molecule has 1 fully saturated rings. The Kier molecular flexibility index (Phi) is 4.69. The molecule has 1 aromatic rings. The second-order valence-corrected chi connectivity index (χ2v) is 5.26. The van der Waals surface area contributed by atoms with Crippen molar-refractivity contribution >= 4 is 21.9 Å². The Morgan fingerprint density at radius 1 is 1.30 bits per heavy atom. The quantitative estimate of drug-likeness (QED) is 0.829. The van der Waals surface area contributed by atoms with Gasteiger partial charge in [0, 0.05) is 26.2 Å². The van der Waals surface area contributed by atoms with E-state index in [1.54, 1.807) is 6.20 Å². The van der Waals surface area contributed by atoms with Gasteiger partial charge in [-0.05, 0) is 15.9 Å². The number of nitrogens with zero attached hydrogens (tertiary/aromatic N) is 4. The Balaban J connectivity index is 1.97. The molecule has 0 radical (unpaired) electrons. The van der Waals surface area contributed by atoms with Gasteiger partial charge in [-0.3, -0.25) is 4.90 Å². The van der Waals surface area contributed by atoms with Gasteiger partial charge in [-0.25, -0.2) is 4.98 Å². The molecule has 20 heavy (non-hydrogen) atoms. The molecule has 0 atom stereocenters. The van der Waals surface area contributed by atoms with Gasteiger partial charge < -0.3 is 9.64 Å². The number of hydrogen-bond acceptors (Lipinski definition) is 5. The van der Waals surface area contributed by atoms with Crippen LogP contribution in [0.1, 0.15) is 0 Å². The molecule has 0 N–H and O–H groups in total. The van der Waals surface area contributed by atoms with E-state index >= 15 is 0 Å². The molecule has 5 nitrogen and oxygen atoms in total. The number of hydrogen-bond donors (Lipinski definition) is 0. The summed E-state index contributed by atoms with van der Waals surface area (Å²) in [6, 6.07) is 0. The average Bonchev–Trinajstić information content (AvgIpc) is 2.38. The zero-order chi connectivity index (χ0) is 14.8. The summed E-state index contributed by atoms with van der Waals surface area (Å²) >= 11 is 3.26. The standard InChI is InChI=1S/C11H14BrF3N4O/c1-20-9-8(12)6-16-10(17-9)19-4-2-18(3-5-19)7-11(13,14)15/h6H,2-5,7H2,1H3. The Morgan fingerprint density at radius 3 is 2.50 bits per heavy atom. The van der Waals surface area contributed by atoms with E-state index in [0.29, 0.717) is 42.5 Å². The smallest absolute Gasteiger partial charge is 0.401 e. The number of aromatic nitrogens is 2. The maximum atomic E-state index is 12.3. The zero-order valence-electron chi connectivity index (χ0n) is 10.8. The van der Waals surface area contributed by atoms with E-state index in [2.05, 4.69) is 25.9 Å². The van der Waals surface area contributed by atoms with Crippen LogP contribution in [0.4, 0.5) is 19.1 Å². The Hall–Kier alpha value is -1.09. The highest BCUT2D eigenvalue weighted by Gasteiger charge is 2.32. The van der Waals surface area contributed by atoms with E-state index in [1.807, 2.05) is 4.90 Å². The third kappa shape index (κ3) is 3.95. The molecule has 1 aliphatic heterocycles. The molecule has 0 bridgehead atoms. The van der Waals surface area contributed by atoms with Crippen LogP contribution in [0.3, 0.4) is 0 Å². The van der Waals surface area contributed by atoms with Crippen molar-refractivity contribution in [3.63, 3.8) is 0 Å². The molecular weight excluding hydrogens is 341 g/mol. The molecule has 0 aromatic carbocycles. The second kappa shape index (κ2) is 6.13. The van der Waals surface area contributed by atoms with Crippen LogP contribution >= 0.6 is 15.9 Å². The van der Waals surface area contributed by atoms with Gasteiger partial charge in [0.15, 0.2) is 0 Å². The number of piperazine rings is 1. The molecule has 2 rings (SSSR count). The number of halogens is 4. The van der Waals surface area contributed by atoms with Gasteiger partial charge in [0.1, 0.15) is 0 Å². The lowest BCUT2D eigenvalue weighted by atomic mass is 10.3. The van der Waals surface area contributed by atoms with E-state index in [4.69, 9.17) is 4.74 Å². The molecular formula is C11H14BrF3N4O. The second-order valence-electron chi connectivity index (χ2n) is 4.41. The lowest BCUT2D eigenvalue weighted by molar-refractivity contribution is -0.146. The summed E-state index contributed by atoms with van der Waals surface area (Å²) in [7, 11) is 1.50. The van der Waals surface area contributed by atoms with Gasteiger partial charge in [-0.1, -0.05) is 0 Å². The molecule has 0 unspecified atom stereocenters. The average molecular weight is 355 g/mol. The van der Waals surface area contributed by atoms with Gasteiger partial charge in [0.25, 0.3) is 0 Å². The summed E-state index contributed by atoms with van der Waals surface area (Å²) in [6.45, 7) is 0.718. The van der Waals surface area contributed by atoms with Crippen LogP contribution in [0, 0.1) is 0 Å².